The Kier molecular flexibility index (Phi) is 10.5. The Hall–Kier alpha value is -0.420. The van der Waals surface area contributed by atoms with Crippen LogP contribution >= 0.6 is 11.8 Å². The number of ether oxygens (including phenoxy) is 1. The second-order valence-corrected chi connectivity index (χ2v) is 10.7. The van der Waals surface area contributed by atoms with Gasteiger partial charge in [-0.05, 0) is 36.9 Å². The number of aliphatic hydroxyl groups is 4. The van der Waals surface area contributed by atoms with Crippen molar-refractivity contribution in [3.8, 4) is 0 Å². The number of carbonyl (C=O) groups excluding carboxylic acids is 1. The van der Waals surface area contributed by atoms with Crippen molar-refractivity contribution in [2.45, 2.75) is 88.9 Å². The topological polar surface area (TPSA) is 122 Å². The molecule has 182 valence electrons. The highest BCUT2D eigenvalue weighted by molar-refractivity contribution is 7.99. The number of hydrogen-bond acceptors (Lipinski definition) is 8. The summed E-state index contributed by atoms with van der Waals surface area (Å²) in [5.74, 6) is 0.825. The van der Waals surface area contributed by atoms with Gasteiger partial charge in [-0.2, -0.15) is 0 Å². The molecule has 2 aliphatic heterocycles. The van der Waals surface area contributed by atoms with E-state index in [4.69, 9.17) is 4.74 Å². The van der Waals surface area contributed by atoms with Gasteiger partial charge in [-0.1, -0.05) is 34.1 Å². The molecule has 8 atom stereocenters. The van der Waals surface area contributed by atoms with Crippen LogP contribution in [0.25, 0.3) is 0 Å². The highest BCUT2D eigenvalue weighted by Crippen LogP contribution is 2.32. The first kappa shape index (κ1) is 26.8. The predicted octanol–water partition coefficient (Wildman–Crippen LogP) is 0.417. The van der Waals surface area contributed by atoms with E-state index in [1.807, 2.05) is 18.7 Å². The van der Waals surface area contributed by atoms with Crippen molar-refractivity contribution >= 4 is 17.7 Å². The van der Waals surface area contributed by atoms with Crippen molar-refractivity contribution in [1.82, 2.24) is 10.2 Å². The summed E-state index contributed by atoms with van der Waals surface area (Å²) in [7, 11) is 0. The zero-order valence-electron chi connectivity index (χ0n) is 19.5. The second kappa shape index (κ2) is 12.2. The summed E-state index contributed by atoms with van der Waals surface area (Å²) in [6, 6.07) is -0.858. The van der Waals surface area contributed by atoms with E-state index in [1.54, 1.807) is 6.26 Å². The van der Waals surface area contributed by atoms with Gasteiger partial charge in [0.2, 0.25) is 5.91 Å². The third-order valence-corrected chi connectivity index (χ3v) is 7.41. The molecule has 2 heterocycles. The van der Waals surface area contributed by atoms with E-state index >= 15 is 0 Å². The molecule has 5 N–H and O–H groups in total. The van der Waals surface area contributed by atoms with Gasteiger partial charge < -0.3 is 30.5 Å². The van der Waals surface area contributed by atoms with E-state index in [1.165, 1.54) is 11.8 Å². The maximum Gasteiger partial charge on any atom is 0.237 e. The average Bonchev–Trinajstić information content (AvgIpc) is 3.12. The van der Waals surface area contributed by atoms with E-state index < -0.39 is 35.9 Å². The number of nitrogens with zero attached hydrogens (tertiary/aromatic N) is 1. The first-order valence-corrected chi connectivity index (χ1v) is 12.8. The zero-order chi connectivity index (χ0) is 23.3. The van der Waals surface area contributed by atoms with Gasteiger partial charge in [-0.15, -0.1) is 11.8 Å². The molecular formula is C22H42N2O6S. The van der Waals surface area contributed by atoms with E-state index in [0.29, 0.717) is 18.4 Å². The van der Waals surface area contributed by atoms with E-state index in [9.17, 15) is 25.2 Å². The van der Waals surface area contributed by atoms with Gasteiger partial charge in [0.15, 0.2) is 0 Å². The molecule has 0 aromatic heterocycles. The van der Waals surface area contributed by atoms with Crippen LogP contribution in [0.1, 0.15) is 47.0 Å². The van der Waals surface area contributed by atoms with E-state index in [-0.39, 0.29) is 24.5 Å². The van der Waals surface area contributed by atoms with Crippen LogP contribution in [-0.4, -0.2) is 99.1 Å². The number of likely N-dealkylation sites (tertiary alicyclic amines) is 1. The van der Waals surface area contributed by atoms with Crippen molar-refractivity contribution in [2.75, 3.05) is 26.0 Å². The Labute approximate surface area is 190 Å². The third kappa shape index (κ3) is 6.79. The predicted molar refractivity (Wildman–Crippen MR) is 122 cm³/mol. The summed E-state index contributed by atoms with van der Waals surface area (Å²) in [5.41, 5.74) is -0.681. The highest BCUT2D eigenvalue weighted by atomic mass is 32.2. The molecule has 0 bridgehead atoms. The van der Waals surface area contributed by atoms with Crippen LogP contribution in [0.3, 0.4) is 0 Å². The van der Waals surface area contributed by atoms with Gasteiger partial charge in [0.1, 0.15) is 29.9 Å². The minimum atomic E-state index is -1.34. The minimum Gasteiger partial charge on any atom is -0.395 e. The number of rotatable bonds is 10. The van der Waals surface area contributed by atoms with E-state index in [2.05, 4.69) is 19.2 Å². The van der Waals surface area contributed by atoms with Crippen LogP contribution in [-0.2, 0) is 9.53 Å². The normalized spacial score (nSPS) is 35.6. The molecule has 0 aliphatic carbocycles. The number of aliphatic hydroxyl groups excluding tert-OH is 4. The molecule has 9 heteroatoms. The number of carbonyl (C=O) groups is 1. The molecular weight excluding hydrogens is 420 g/mol. The van der Waals surface area contributed by atoms with Crippen molar-refractivity contribution in [3.05, 3.63) is 0 Å². The monoisotopic (exact) mass is 462 g/mol. The van der Waals surface area contributed by atoms with Crippen LogP contribution < -0.4 is 5.32 Å². The summed E-state index contributed by atoms with van der Waals surface area (Å²) in [6.07, 6.45) is 0.00675. The Morgan fingerprint density at radius 2 is 1.84 bits per heavy atom. The lowest BCUT2D eigenvalue weighted by molar-refractivity contribution is -0.208. The van der Waals surface area contributed by atoms with Crippen molar-refractivity contribution in [3.63, 3.8) is 0 Å². The molecule has 2 fully saturated rings. The summed E-state index contributed by atoms with van der Waals surface area (Å²) < 4.78 is 5.91. The maximum absolute atomic E-state index is 13.3. The minimum absolute atomic E-state index is 0.00176. The molecule has 0 aromatic carbocycles. The van der Waals surface area contributed by atoms with E-state index in [0.717, 1.165) is 25.8 Å². The van der Waals surface area contributed by atoms with Crippen molar-refractivity contribution < 1.29 is 30.0 Å². The first-order valence-electron chi connectivity index (χ1n) is 11.5. The van der Waals surface area contributed by atoms with Gasteiger partial charge in [0, 0.05) is 13.1 Å². The lowest BCUT2D eigenvalue weighted by Crippen LogP contribution is -2.64. The largest absolute Gasteiger partial charge is 0.395 e. The molecule has 0 saturated carbocycles. The number of hydrogen-bond donors (Lipinski definition) is 5. The smallest absolute Gasteiger partial charge is 0.237 e. The second-order valence-electron chi connectivity index (χ2n) is 9.76. The van der Waals surface area contributed by atoms with Crippen LogP contribution in [0, 0.1) is 17.8 Å². The molecule has 1 amide bonds. The average molecular weight is 463 g/mol. The molecule has 2 saturated heterocycles. The fourth-order valence-corrected chi connectivity index (χ4v) is 5.36. The third-order valence-electron chi connectivity index (χ3n) is 6.55. The molecule has 2 rings (SSSR count). The molecule has 31 heavy (non-hydrogen) atoms. The van der Waals surface area contributed by atoms with Gasteiger partial charge in [0.25, 0.3) is 0 Å². The molecule has 0 aromatic rings. The number of nitrogens with one attached hydrogen (secondary N) is 1. The standard InChI is InChI=1S/C22H42N2O6S/c1-12(2)6-7-14-10-15(24(11-14)8-9-25)21(29)23-16(13(3)4)20-18(27)17(26)19(28)22(30-20)31-5/h12-20,22,25-28H,6-11H2,1-5H3,(H,23,29). The van der Waals surface area contributed by atoms with Gasteiger partial charge in [0.05, 0.1) is 18.7 Å². The van der Waals surface area contributed by atoms with Crippen LogP contribution in [0.4, 0.5) is 0 Å². The van der Waals surface area contributed by atoms with Gasteiger partial charge in [-0.25, -0.2) is 0 Å². The maximum atomic E-state index is 13.3. The number of thioether (sulfide) groups is 1. The Balaban J connectivity index is 2.11. The van der Waals surface area contributed by atoms with Crippen molar-refractivity contribution in [2.24, 2.45) is 17.8 Å². The Morgan fingerprint density at radius 3 is 2.39 bits per heavy atom. The number of β-amino-alcohol motifs (C(OH)–C–C–N with tert-alkyl or cyclic N) is 1. The summed E-state index contributed by atoms with van der Waals surface area (Å²) in [5, 5.41) is 43.6. The quantitative estimate of drug-likeness (QED) is 0.317. The lowest BCUT2D eigenvalue weighted by Gasteiger charge is -2.44. The summed E-state index contributed by atoms with van der Waals surface area (Å²) >= 11 is 1.26. The zero-order valence-corrected chi connectivity index (χ0v) is 20.3. The SMILES string of the molecule is CSC1OC(C(NC(=O)C2CC(CCC(C)C)CN2CCO)C(C)C)C(O)C(O)C1O. The number of amides is 1. The first-order chi connectivity index (χ1) is 14.6. The lowest BCUT2D eigenvalue weighted by atomic mass is 9.88. The summed E-state index contributed by atoms with van der Waals surface area (Å²) in [4.78, 5) is 15.3. The highest BCUT2D eigenvalue weighted by Gasteiger charge is 2.48. The fourth-order valence-electron chi connectivity index (χ4n) is 4.68. The molecule has 2 aliphatic rings. The molecule has 0 spiro atoms. The van der Waals surface area contributed by atoms with Gasteiger partial charge in [-0.3, -0.25) is 9.69 Å². The van der Waals surface area contributed by atoms with Crippen LogP contribution in [0.2, 0.25) is 0 Å². The summed E-state index contributed by atoms with van der Waals surface area (Å²) in [6.45, 7) is 9.49. The molecule has 0 radical (unpaired) electrons. The van der Waals surface area contributed by atoms with Gasteiger partial charge >= 0.3 is 0 Å². The Bertz CT molecular complexity index is 564. The van der Waals surface area contributed by atoms with Crippen molar-refractivity contribution in [1.29, 1.82) is 0 Å². The van der Waals surface area contributed by atoms with Crippen LogP contribution in [0.15, 0.2) is 0 Å². The fraction of sp³-hybridized carbons (Fsp3) is 0.955. The van der Waals surface area contributed by atoms with Crippen LogP contribution in [0.5, 0.6) is 0 Å². The Morgan fingerprint density at radius 1 is 1.16 bits per heavy atom. The molecule has 8 unspecified atom stereocenters. The molecule has 8 nitrogen and oxygen atoms in total.